The number of nitrogens with one attached hydrogen (secondary N) is 2. The molecule has 156 valence electrons. The van der Waals surface area contributed by atoms with Gasteiger partial charge in [-0.25, -0.2) is 13.2 Å². The monoisotopic (exact) mass is 414 g/mol. The first kappa shape index (κ1) is 19.2. The standard InChI is InChI=1S/C23H21F3N2O2/c24-15-3-1-12(2-4-15)21-20(18-9-16(25)10-19(26)22(18)28-21)13-7-14(8-13)23(29)27-17-5-6-30-11-17/h1-4,9-10,13-14,17,28H,5-8,11H2,(H,27,29)/t13-,14+,17-/m1/s1. The number of hydrogen-bond donors (Lipinski definition) is 2. The van der Waals surface area contributed by atoms with Crippen LogP contribution in [0.2, 0.25) is 0 Å². The lowest BCUT2D eigenvalue weighted by atomic mass is 9.69. The maximum atomic E-state index is 14.4. The van der Waals surface area contributed by atoms with Crippen molar-refractivity contribution in [2.75, 3.05) is 13.2 Å². The normalized spacial score (nSPS) is 23.5. The van der Waals surface area contributed by atoms with Gasteiger partial charge in [0.25, 0.3) is 0 Å². The zero-order valence-corrected chi connectivity index (χ0v) is 16.2. The van der Waals surface area contributed by atoms with Gasteiger partial charge in [0.2, 0.25) is 5.91 Å². The fraction of sp³-hybridized carbons (Fsp3) is 0.348. The van der Waals surface area contributed by atoms with Gasteiger partial charge in [-0.3, -0.25) is 4.79 Å². The van der Waals surface area contributed by atoms with Crippen LogP contribution in [0.1, 0.15) is 30.7 Å². The maximum absolute atomic E-state index is 14.4. The molecule has 2 aliphatic rings. The highest BCUT2D eigenvalue weighted by Crippen LogP contribution is 2.48. The molecule has 2 fully saturated rings. The van der Waals surface area contributed by atoms with Crippen molar-refractivity contribution in [1.82, 2.24) is 10.3 Å². The van der Waals surface area contributed by atoms with Crippen LogP contribution in [-0.2, 0) is 9.53 Å². The molecule has 1 saturated heterocycles. The van der Waals surface area contributed by atoms with E-state index in [1.807, 2.05) is 0 Å². The van der Waals surface area contributed by atoms with Crippen LogP contribution < -0.4 is 5.32 Å². The number of aromatic amines is 1. The molecular weight excluding hydrogens is 393 g/mol. The number of amides is 1. The Labute approximate surface area is 171 Å². The second-order valence-corrected chi connectivity index (χ2v) is 8.17. The van der Waals surface area contributed by atoms with Gasteiger partial charge in [0.05, 0.1) is 23.9 Å². The fourth-order valence-corrected chi connectivity index (χ4v) is 4.54. The van der Waals surface area contributed by atoms with Crippen molar-refractivity contribution in [2.45, 2.75) is 31.2 Å². The molecule has 1 aliphatic heterocycles. The van der Waals surface area contributed by atoms with Gasteiger partial charge in [-0.15, -0.1) is 0 Å². The molecule has 2 N–H and O–H groups in total. The lowest BCUT2D eigenvalue weighted by Gasteiger charge is -2.35. The highest BCUT2D eigenvalue weighted by Gasteiger charge is 2.39. The summed E-state index contributed by atoms with van der Waals surface area (Å²) in [5.74, 6) is -1.85. The van der Waals surface area contributed by atoms with Crippen molar-refractivity contribution in [1.29, 1.82) is 0 Å². The molecule has 4 nitrogen and oxygen atoms in total. The van der Waals surface area contributed by atoms with Crippen molar-refractivity contribution in [3.05, 3.63) is 59.4 Å². The molecule has 1 atom stereocenters. The summed E-state index contributed by atoms with van der Waals surface area (Å²) in [5, 5.41) is 3.49. The number of rotatable bonds is 4. The lowest BCUT2D eigenvalue weighted by Crippen LogP contribution is -2.43. The largest absolute Gasteiger partial charge is 0.379 e. The predicted molar refractivity (Wildman–Crippen MR) is 106 cm³/mol. The smallest absolute Gasteiger partial charge is 0.223 e. The van der Waals surface area contributed by atoms with Gasteiger partial charge in [-0.1, -0.05) is 0 Å². The van der Waals surface area contributed by atoms with Gasteiger partial charge in [-0.05, 0) is 66.6 Å². The van der Waals surface area contributed by atoms with E-state index in [0.717, 1.165) is 18.1 Å². The Balaban J connectivity index is 1.46. The average Bonchev–Trinajstić information content (AvgIpc) is 3.30. The van der Waals surface area contributed by atoms with Gasteiger partial charge < -0.3 is 15.0 Å². The summed E-state index contributed by atoms with van der Waals surface area (Å²) < 4.78 is 47.1. The first-order chi connectivity index (χ1) is 14.5. The van der Waals surface area contributed by atoms with E-state index in [9.17, 15) is 18.0 Å². The highest BCUT2D eigenvalue weighted by atomic mass is 19.1. The van der Waals surface area contributed by atoms with Crippen molar-refractivity contribution in [3.8, 4) is 11.3 Å². The Kier molecular flexibility index (Phi) is 4.77. The summed E-state index contributed by atoms with van der Waals surface area (Å²) in [7, 11) is 0. The van der Waals surface area contributed by atoms with Crippen LogP contribution in [-0.4, -0.2) is 30.1 Å². The van der Waals surface area contributed by atoms with Crippen molar-refractivity contribution in [3.63, 3.8) is 0 Å². The Bertz CT molecular complexity index is 1100. The number of hydrogen-bond acceptors (Lipinski definition) is 2. The minimum Gasteiger partial charge on any atom is -0.379 e. The number of H-pyrrole nitrogens is 1. The quantitative estimate of drug-likeness (QED) is 0.653. The summed E-state index contributed by atoms with van der Waals surface area (Å²) >= 11 is 0. The molecule has 1 aliphatic carbocycles. The molecular formula is C23H21F3N2O2. The van der Waals surface area contributed by atoms with Crippen LogP contribution in [0.5, 0.6) is 0 Å². The molecule has 30 heavy (non-hydrogen) atoms. The number of carbonyl (C=O) groups is 1. The number of carbonyl (C=O) groups excluding carboxylic acids is 1. The topological polar surface area (TPSA) is 54.1 Å². The number of halogens is 3. The molecule has 1 saturated carbocycles. The summed E-state index contributed by atoms with van der Waals surface area (Å²) in [4.78, 5) is 15.6. The van der Waals surface area contributed by atoms with E-state index in [1.54, 1.807) is 12.1 Å². The van der Waals surface area contributed by atoms with Gasteiger partial charge in [0.15, 0.2) is 0 Å². The molecule has 1 amide bonds. The minimum absolute atomic E-state index is 0.00212. The van der Waals surface area contributed by atoms with Crippen LogP contribution in [0.25, 0.3) is 22.2 Å². The molecule has 5 rings (SSSR count). The van der Waals surface area contributed by atoms with Gasteiger partial charge >= 0.3 is 0 Å². The Morgan fingerprint density at radius 1 is 1.07 bits per heavy atom. The van der Waals surface area contributed by atoms with Gasteiger partial charge in [0, 0.05) is 24.0 Å². The third-order valence-electron chi connectivity index (χ3n) is 6.19. The maximum Gasteiger partial charge on any atom is 0.223 e. The number of aromatic nitrogens is 1. The average molecular weight is 414 g/mol. The van der Waals surface area contributed by atoms with Crippen LogP contribution in [0.15, 0.2) is 36.4 Å². The molecule has 0 spiro atoms. The van der Waals surface area contributed by atoms with Crippen molar-refractivity contribution >= 4 is 16.8 Å². The van der Waals surface area contributed by atoms with E-state index >= 15 is 0 Å². The molecule has 0 radical (unpaired) electrons. The Hall–Kier alpha value is -2.80. The molecule has 2 heterocycles. The lowest BCUT2D eigenvalue weighted by molar-refractivity contribution is -0.128. The molecule has 7 heteroatoms. The van der Waals surface area contributed by atoms with Gasteiger partial charge in [-0.2, -0.15) is 0 Å². The van der Waals surface area contributed by atoms with Crippen LogP contribution >= 0.6 is 0 Å². The Morgan fingerprint density at radius 2 is 1.83 bits per heavy atom. The summed E-state index contributed by atoms with van der Waals surface area (Å²) in [6.07, 6.45) is 2.01. The van der Waals surface area contributed by atoms with E-state index < -0.39 is 11.6 Å². The number of fused-ring (bicyclic) bond motifs is 1. The fourth-order valence-electron chi connectivity index (χ4n) is 4.54. The molecule has 0 unspecified atom stereocenters. The zero-order chi connectivity index (χ0) is 20.8. The zero-order valence-electron chi connectivity index (χ0n) is 16.2. The second-order valence-electron chi connectivity index (χ2n) is 8.17. The van der Waals surface area contributed by atoms with E-state index in [4.69, 9.17) is 4.74 Å². The second kappa shape index (κ2) is 7.47. The summed E-state index contributed by atoms with van der Waals surface area (Å²) in [6.45, 7) is 1.20. The van der Waals surface area contributed by atoms with E-state index in [2.05, 4.69) is 10.3 Å². The minimum atomic E-state index is -0.672. The number of ether oxygens (including phenoxy) is 1. The SMILES string of the molecule is O=C(N[C@@H]1CCOC1)[C@H]1C[C@@H](c2c(-c3ccc(F)cc3)[nH]c3c(F)cc(F)cc32)C1. The van der Waals surface area contributed by atoms with Crippen LogP contribution in [0, 0.1) is 23.4 Å². The van der Waals surface area contributed by atoms with Crippen LogP contribution in [0.3, 0.4) is 0 Å². The molecule has 0 bridgehead atoms. The summed E-state index contributed by atoms with van der Waals surface area (Å²) in [5.41, 5.74) is 2.34. The van der Waals surface area contributed by atoms with Gasteiger partial charge in [0.1, 0.15) is 17.5 Å². The third-order valence-corrected chi connectivity index (χ3v) is 6.19. The van der Waals surface area contributed by atoms with Crippen molar-refractivity contribution in [2.24, 2.45) is 5.92 Å². The summed E-state index contributed by atoms with van der Waals surface area (Å²) in [6, 6.07) is 8.12. The van der Waals surface area contributed by atoms with Crippen LogP contribution in [0.4, 0.5) is 13.2 Å². The Morgan fingerprint density at radius 3 is 2.53 bits per heavy atom. The van der Waals surface area contributed by atoms with E-state index in [0.29, 0.717) is 42.7 Å². The molecule has 1 aromatic heterocycles. The van der Waals surface area contributed by atoms with E-state index in [-0.39, 0.29) is 35.1 Å². The first-order valence-electron chi connectivity index (χ1n) is 10.1. The van der Waals surface area contributed by atoms with Crippen molar-refractivity contribution < 1.29 is 22.7 Å². The first-order valence-corrected chi connectivity index (χ1v) is 10.1. The molecule has 2 aromatic carbocycles. The highest BCUT2D eigenvalue weighted by molar-refractivity contribution is 5.92. The van der Waals surface area contributed by atoms with E-state index in [1.165, 1.54) is 18.2 Å². The number of benzene rings is 2. The molecule has 3 aromatic rings. The predicted octanol–water partition coefficient (Wildman–Crippen LogP) is 4.65. The third kappa shape index (κ3) is 3.37.